The molecule has 0 aromatic heterocycles. The van der Waals surface area contributed by atoms with Crippen LogP contribution in [-0.4, -0.2) is 33.1 Å². The second-order valence-corrected chi connectivity index (χ2v) is 7.86. The Bertz CT molecular complexity index is 1230. The second kappa shape index (κ2) is 9.54. The third-order valence-corrected chi connectivity index (χ3v) is 5.55. The van der Waals surface area contributed by atoms with Gasteiger partial charge in [-0.05, 0) is 41.6 Å². The van der Waals surface area contributed by atoms with Crippen molar-refractivity contribution in [2.75, 3.05) is 0 Å². The van der Waals surface area contributed by atoms with Gasteiger partial charge in [0.05, 0.1) is 10.6 Å². The molecule has 0 aliphatic carbocycles. The topological polar surface area (TPSA) is 78.1 Å². The molecule has 2 aliphatic rings. The summed E-state index contributed by atoms with van der Waals surface area (Å²) in [6.07, 6.45) is -3.45. The van der Waals surface area contributed by atoms with Crippen LogP contribution < -0.4 is 4.74 Å². The molecule has 2 aromatic carbocycles. The lowest BCUT2D eigenvalue weighted by Gasteiger charge is -2.20. The molecule has 0 spiro atoms. The zero-order valence-electron chi connectivity index (χ0n) is 16.2. The maximum atomic E-state index is 13.7. The highest BCUT2D eigenvalue weighted by atomic mass is 35.5. The fourth-order valence-corrected chi connectivity index (χ4v) is 3.77. The number of nitrogens with one attached hydrogen (secondary N) is 1. The summed E-state index contributed by atoms with van der Waals surface area (Å²) in [5.74, 6) is -1.57. The van der Waals surface area contributed by atoms with Gasteiger partial charge < -0.3 is 4.74 Å². The Morgan fingerprint density at radius 2 is 1.94 bits per heavy atom. The standard InChI is InChI=1S/C20H11ClF4N4O2S.ClH/c21-13-8-10(5-6-15(13)31-9-11-3-1-2-4-14(11)22)7-12-16(26)29-19(27-17(12)30)32-18(28-29)20(23,24)25;/h1-8,26H,9H2;1H. The van der Waals surface area contributed by atoms with Crippen LogP contribution in [0.4, 0.5) is 17.6 Å². The molecule has 0 saturated heterocycles. The Hall–Kier alpha value is -2.89. The predicted molar refractivity (Wildman–Crippen MR) is 120 cm³/mol. The average Bonchev–Trinajstić information content (AvgIpc) is 3.16. The van der Waals surface area contributed by atoms with Crippen molar-refractivity contribution in [1.82, 2.24) is 5.01 Å². The highest BCUT2D eigenvalue weighted by Gasteiger charge is 2.46. The number of hydrazone groups is 1. The Labute approximate surface area is 199 Å². The van der Waals surface area contributed by atoms with Gasteiger partial charge in [0, 0.05) is 5.56 Å². The van der Waals surface area contributed by atoms with Crippen LogP contribution in [0, 0.1) is 11.2 Å². The van der Waals surface area contributed by atoms with Crippen molar-refractivity contribution in [2.45, 2.75) is 12.8 Å². The molecular formula is C20H12Cl2F4N4O2S. The average molecular weight is 519 g/mol. The first-order chi connectivity index (χ1) is 15.1. The number of amidine groups is 2. The lowest BCUT2D eigenvalue weighted by atomic mass is 10.1. The lowest BCUT2D eigenvalue weighted by molar-refractivity contribution is -0.114. The number of fused-ring (bicyclic) bond motifs is 1. The van der Waals surface area contributed by atoms with Crippen LogP contribution in [0.1, 0.15) is 11.1 Å². The van der Waals surface area contributed by atoms with Gasteiger partial charge >= 0.3 is 6.18 Å². The van der Waals surface area contributed by atoms with Gasteiger partial charge in [0.25, 0.3) is 5.91 Å². The first-order valence-electron chi connectivity index (χ1n) is 8.86. The van der Waals surface area contributed by atoms with Crippen molar-refractivity contribution in [3.63, 3.8) is 0 Å². The molecule has 0 fully saturated rings. The van der Waals surface area contributed by atoms with Crippen molar-refractivity contribution in [2.24, 2.45) is 10.1 Å². The van der Waals surface area contributed by atoms with Crippen LogP contribution in [-0.2, 0) is 11.4 Å². The molecule has 0 atom stereocenters. The summed E-state index contributed by atoms with van der Waals surface area (Å²) in [5, 5.41) is 10.7. The van der Waals surface area contributed by atoms with Crippen molar-refractivity contribution in [3.8, 4) is 5.75 Å². The zero-order valence-corrected chi connectivity index (χ0v) is 18.6. The van der Waals surface area contributed by atoms with E-state index in [1.54, 1.807) is 18.2 Å². The van der Waals surface area contributed by atoms with E-state index < -0.39 is 28.8 Å². The van der Waals surface area contributed by atoms with Gasteiger partial charge in [0.1, 0.15) is 18.2 Å². The number of rotatable bonds is 4. The number of hydrogen-bond donors (Lipinski definition) is 1. The summed E-state index contributed by atoms with van der Waals surface area (Å²) in [6, 6.07) is 10.6. The molecule has 0 radical (unpaired) electrons. The molecule has 1 amide bonds. The molecule has 172 valence electrons. The van der Waals surface area contributed by atoms with E-state index in [0.717, 1.165) is 0 Å². The van der Waals surface area contributed by atoms with Crippen molar-refractivity contribution in [3.05, 3.63) is 70.0 Å². The smallest absolute Gasteiger partial charge is 0.441 e. The van der Waals surface area contributed by atoms with E-state index in [-0.39, 0.29) is 52.3 Å². The lowest BCUT2D eigenvalue weighted by Crippen LogP contribution is -2.35. The van der Waals surface area contributed by atoms with Gasteiger partial charge in [-0.15, -0.1) is 12.4 Å². The Balaban J connectivity index is 0.00000306. The minimum atomic E-state index is -4.72. The van der Waals surface area contributed by atoms with Crippen molar-refractivity contribution < 1.29 is 27.1 Å². The molecule has 33 heavy (non-hydrogen) atoms. The minimum Gasteiger partial charge on any atom is -0.487 e. The normalized spacial score (nSPS) is 16.9. The van der Waals surface area contributed by atoms with Gasteiger partial charge in [-0.3, -0.25) is 10.2 Å². The number of carbonyl (C=O) groups is 1. The number of aliphatic imine (C=N–C) groups is 1. The largest absolute Gasteiger partial charge is 0.487 e. The van der Waals surface area contributed by atoms with Crippen LogP contribution in [0.15, 0.2) is 58.1 Å². The SMILES string of the molecule is Cl.N=C1C(=Cc2ccc(OCc3ccccc3F)c(Cl)c2)C(=O)N=C2SC(C(F)(F)F)=NN12. The maximum Gasteiger partial charge on any atom is 0.441 e. The Kier molecular flexibility index (Phi) is 7.15. The Morgan fingerprint density at radius 1 is 1.21 bits per heavy atom. The minimum absolute atomic E-state index is 0. The maximum absolute atomic E-state index is 13.7. The number of nitrogens with zero attached hydrogens (tertiary/aromatic N) is 3. The molecule has 1 N–H and O–H groups in total. The van der Waals surface area contributed by atoms with Crippen LogP contribution in [0.5, 0.6) is 5.75 Å². The fraction of sp³-hybridized carbons (Fsp3) is 0.100. The molecular weight excluding hydrogens is 507 g/mol. The summed E-state index contributed by atoms with van der Waals surface area (Å²) in [7, 11) is 0. The number of thioether (sulfide) groups is 1. The number of carbonyl (C=O) groups excluding carboxylic acids is 1. The predicted octanol–water partition coefficient (Wildman–Crippen LogP) is 5.66. The van der Waals surface area contributed by atoms with Crippen molar-refractivity contribution >= 4 is 63.8 Å². The number of halogens is 6. The van der Waals surface area contributed by atoms with E-state index in [9.17, 15) is 22.4 Å². The molecule has 4 rings (SSSR count). The van der Waals surface area contributed by atoms with E-state index in [1.165, 1.54) is 30.3 Å². The first kappa shape index (κ1) is 24.7. The van der Waals surface area contributed by atoms with Crippen LogP contribution in [0.25, 0.3) is 6.08 Å². The molecule has 2 heterocycles. The number of alkyl halides is 3. The van der Waals surface area contributed by atoms with Crippen LogP contribution in [0.2, 0.25) is 5.02 Å². The van der Waals surface area contributed by atoms with E-state index in [1.807, 2.05) is 0 Å². The highest BCUT2D eigenvalue weighted by molar-refractivity contribution is 8.27. The van der Waals surface area contributed by atoms with Gasteiger partial charge in [0.2, 0.25) is 10.2 Å². The molecule has 0 bridgehead atoms. The third-order valence-electron chi connectivity index (χ3n) is 4.30. The van der Waals surface area contributed by atoms with E-state index in [0.29, 0.717) is 16.1 Å². The molecule has 2 aromatic rings. The molecule has 0 unspecified atom stereocenters. The second-order valence-electron chi connectivity index (χ2n) is 6.49. The van der Waals surface area contributed by atoms with Gasteiger partial charge in [-0.2, -0.15) is 28.3 Å². The first-order valence-corrected chi connectivity index (χ1v) is 10.1. The van der Waals surface area contributed by atoms with Crippen molar-refractivity contribution in [1.29, 1.82) is 5.41 Å². The fourth-order valence-electron chi connectivity index (χ4n) is 2.77. The Morgan fingerprint density at radius 3 is 2.61 bits per heavy atom. The number of ether oxygens (including phenoxy) is 1. The molecule has 2 aliphatic heterocycles. The van der Waals surface area contributed by atoms with Crippen LogP contribution >= 0.6 is 35.8 Å². The number of hydrogen-bond acceptors (Lipinski definition) is 5. The summed E-state index contributed by atoms with van der Waals surface area (Å²) in [6.45, 7) is -0.0559. The van der Waals surface area contributed by atoms with E-state index in [4.69, 9.17) is 21.7 Å². The molecule has 6 nitrogen and oxygen atoms in total. The number of benzene rings is 2. The molecule has 0 saturated carbocycles. The van der Waals surface area contributed by atoms with Gasteiger partial charge in [-0.25, -0.2) is 4.39 Å². The monoisotopic (exact) mass is 518 g/mol. The summed E-state index contributed by atoms with van der Waals surface area (Å²) in [5.41, 5.74) is 0.469. The van der Waals surface area contributed by atoms with Crippen LogP contribution in [0.3, 0.4) is 0 Å². The zero-order chi connectivity index (χ0) is 23.0. The summed E-state index contributed by atoms with van der Waals surface area (Å²) < 4.78 is 57.9. The van der Waals surface area contributed by atoms with E-state index >= 15 is 0 Å². The summed E-state index contributed by atoms with van der Waals surface area (Å²) >= 11 is 6.38. The van der Waals surface area contributed by atoms with E-state index in [2.05, 4.69) is 10.1 Å². The molecule has 13 heteroatoms. The summed E-state index contributed by atoms with van der Waals surface area (Å²) in [4.78, 5) is 15.9. The number of amides is 1. The third kappa shape index (κ3) is 5.21. The van der Waals surface area contributed by atoms with Gasteiger partial charge in [0.15, 0.2) is 5.84 Å². The van der Waals surface area contributed by atoms with Gasteiger partial charge in [-0.1, -0.05) is 35.9 Å². The quantitative estimate of drug-likeness (QED) is 0.418. The highest BCUT2D eigenvalue weighted by Crippen LogP contribution is 2.35.